The highest BCUT2D eigenvalue weighted by Gasteiger charge is 2.30. The standard InChI is InChI=1S/C18H13F4N3O/c1-11-14(17(26)24-16-8-3-2-7-15(16)19)10-23-25(11)13-6-4-5-12(9-13)18(20,21)22/h2-10H,1H3,(H,24,26). The fourth-order valence-electron chi connectivity index (χ4n) is 2.46. The summed E-state index contributed by atoms with van der Waals surface area (Å²) < 4.78 is 53.5. The third-order valence-electron chi connectivity index (χ3n) is 3.79. The van der Waals surface area contributed by atoms with Crippen molar-refractivity contribution in [2.45, 2.75) is 13.1 Å². The molecule has 3 rings (SSSR count). The van der Waals surface area contributed by atoms with Gasteiger partial charge in [-0.1, -0.05) is 18.2 Å². The monoisotopic (exact) mass is 363 g/mol. The Hall–Kier alpha value is -3.16. The number of anilines is 1. The lowest BCUT2D eigenvalue weighted by Crippen LogP contribution is -2.14. The molecule has 0 fully saturated rings. The Morgan fingerprint density at radius 1 is 1.12 bits per heavy atom. The molecule has 8 heteroatoms. The van der Waals surface area contributed by atoms with E-state index in [1.165, 1.54) is 41.2 Å². The van der Waals surface area contributed by atoms with Gasteiger partial charge in [0.25, 0.3) is 5.91 Å². The molecule has 2 aromatic carbocycles. The molecule has 26 heavy (non-hydrogen) atoms. The number of carbonyl (C=O) groups is 1. The van der Waals surface area contributed by atoms with Crippen LogP contribution in [0.5, 0.6) is 0 Å². The number of hydrogen-bond acceptors (Lipinski definition) is 2. The predicted octanol–water partition coefficient (Wildman–Crippen LogP) is 4.59. The second-order valence-electron chi connectivity index (χ2n) is 5.54. The second-order valence-corrected chi connectivity index (χ2v) is 5.54. The number of benzene rings is 2. The molecule has 1 aromatic heterocycles. The predicted molar refractivity (Wildman–Crippen MR) is 87.7 cm³/mol. The average molecular weight is 363 g/mol. The van der Waals surface area contributed by atoms with Crippen molar-refractivity contribution in [3.8, 4) is 5.69 Å². The van der Waals surface area contributed by atoms with Crippen LogP contribution < -0.4 is 5.32 Å². The Balaban J connectivity index is 1.91. The SMILES string of the molecule is Cc1c(C(=O)Nc2ccccc2F)cnn1-c1cccc(C(F)(F)F)c1. The highest BCUT2D eigenvalue weighted by molar-refractivity contribution is 6.05. The first-order valence-corrected chi connectivity index (χ1v) is 7.55. The molecular weight excluding hydrogens is 350 g/mol. The number of aromatic nitrogens is 2. The highest BCUT2D eigenvalue weighted by atomic mass is 19.4. The first-order chi connectivity index (χ1) is 12.3. The first kappa shape index (κ1) is 17.7. The van der Waals surface area contributed by atoms with Gasteiger partial charge in [0, 0.05) is 0 Å². The van der Waals surface area contributed by atoms with E-state index in [1.807, 2.05) is 0 Å². The number of alkyl halides is 3. The largest absolute Gasteiger partial charge is 0.416 e. The number of carbonyl (C=O) groups excluding carboxylic acids is 1. The number of rotatable bonds is 3. The Kier molecular flexibility index (Phi) is 4.50. The smallest absolute Gasteiger partial charge is 0.319 e. The summed E-state index contributed by atoms with van der Waals surface area (Å²) in [5.74, 6) is -1.20. The van der Waals surface area contributed by atoms with Gasteiger partial charge < -0.3 is 5.32 Å². The van der Waals surface area contributed by atoms with Gasteiger partial charge in [0.15, 0.2) is 0 Å². The van der Waals surface area contributed by atoms with Gasteiger partial charge in [-0.25, -0.2) is 9.07 Å². The molecule has 0 bridgehead atoms. The summed E-state index contributed by atoms with van der Waals surface area (Å²) in [4.78, 5) is 12.3. The van der Waals surface area contributed by atoms with Crippen molar-refractivity contribution in [2.24, 2.45) is 0 Å². The molecule has 0 radical (unpaired) electrons. The molecule has 0 saturated carbocycles. The third kappa shape index (κ3) is 3.44. The van der Waals surface area contributed by atoms with E-state index in [0.717, 1.165) is 12.1 Å². The van der Waals surface area contributed by atoms with Crippen LogP contribution in [-0.4, -0.2) is 15.7 Å². The van der Waals surface area contributed by atoms with Crippen LogP contribution in [0.15, 0.2) is 54.7 Å². The summed E-state index contributed by atoms with van der Waals surface area (Å²) in [5.41, 5.74) is -0.183. The fourth-order valence-corrected chi connectivity index (χ4v) is 2.46. The summed E-state index contributed by atoms with van der Waals surface area (Å²) in [7, 11) is 0. The minimum atomic E-state index is -4.48. The van der Waals surface area contributed by atoms with Crippen molar-refractivity contribution in [3.63, 3.8) is 0 Å². The number of amides is 1. The lowest BCUT2D eigenvalue weighted by Gasteiger charge is -2.10. The second kappa shape index (κ2) is 6.62. The van der Waals surface area contributed by atoms with Crippen molar-refractivity contribution in [1.82, 2.24) is 9.78 Å². The molecule has 1 N–H and O–H groups in total. The summed E-state index contributed by atoms with van der Waals surface area (Å²) in [6.07, 6.45) is -3.26. The van der Waals surface area contributed by atoms with Crippen molar-refractivity contribution in [1.29, 1.82) is 0 Å². The van der Waals surface area contributed by atoms with E-state index in [0.29, 0.717) is 5.69 Å². The zero-order valence-electron chi connectivity index (χ0n) is 13.5. The number of nitrogens with zero attached hydrogens (tertiary/aromatic N) is 2. The lowest BCUT2D eigenvalue weighted by molar-refractivity contribution is -0.137. The molecule has 0 saturated heterocycles. The van der Waals surface area contributed by atoms with E-state index in [9.17, 15) is 22.4 Å². The van der Waals surface area contributed by atoms with E-state index >= 15 is 0 Å². The van der Waals surface area contributed by atoms with Crippen LogP contribution in [0.25, 0.3) is 5.69 Å². The van der Waals surface area contributed by atoms with Gasteiger partial charge in [-0.3, -0.25) is 4.79 Å². The quantitative estimate of drug-likeness (QED) is 0.692. The van der Waals surface area contributed by atoms with Gasteiger partial charge in [0.1, 0.15) is 5.82 Å². The van der Waals surface area contributed by atoms with Crippen LogP contribution >= 0.6 is 0 Å². The Morgan fingerprint density at radius 2 is 1.85 bits per heavy atom. The number of nitrogens with one attached hydrogen (secondary N) is 1. The van der Waals surface area contributed by atoms with Crippen molar-refractivity contribution < 1.29 is 22.4 Å². The first-order valence-electron chi connectivity index (χ1n) is 7.55. The molecular formula is C18H13F4N3O. The number of halogens is 4. The van der Waals surface area contributed by atoms with E-state index in [4.69, 9.17) is 0 Å². The van der Waals surface area contributed by atoms with Gasteiger partial charge in [-0.05, 0) is 37.3 Å². The Morgan fingerprint density at radius 3 is 2.54 bits per heavy atom. The molecule has 134 valence electrons. The van der Waals surface area contributed by atoms with Gasteiger partial charge in [0.05, 0.1) is 34.4 Å². The maximum absolute atomic E-state index is 13.7. The van der Waals surface area contributed by atoms with Crippen LogP contribution in [0.1, 0.15) is 21.6 Å². The van der Waals surface area contributed by atoms with Crippen molar-refractivity contribution >= 4 is 11.6 Å². The minimum absolute atomic E-state index is 0.00344. The zero-order chi connectivity index (χ0) is 18.9. The number of hydrogen-bond donors (Lipinski definition) is 1. The normalized spacial score (nSPS) is 11.4. The lowest BCUT2D eigenvalue weighted by atomic mass is 10.2. The van der Waals surface area contributed by atoms with Gasteiger partial charge >= 0.3 is 6.18 Å². The van der Waals surface area contributed by atoms with Crippen molar-refractivity contribution in [3.05, 3.63) is 77.4 Å². The Bertz CT molecular complexity index is 963. The molecule has 1 amide bonds. The van der Waals surface area contributed by atoms with Crippen molar-refractivity contribution in [2.75, 3.05) is 5.32 Å². The molecule has 0 unspecified atom stereocenters. The minimum Gasteiger partial charge on any atom is -0.319 e. The maximum Gasteiger partial charge on any atom is 0.416 e. The van der Waals surface area contributed by atoms with Gasteiger partial charge in [-0.15, -0.1) is 0 Å². The number of para-hydroxylation sites is 1. The molecule has 4 nitrogen and oxygen atoms in total. The van der Waals surface area contributed by atoms with E-state index < -0.39 is 23.5 Å². The summed E-state index contributed by atoms with van der Waals surface area (Å²) in [6, 6.07) is 10.3. The fraction of sp³-hybridized carbons (Fsp3) is 0.111. The van der Waals surface area contributed by atoms with Crippen LogP contribution in [0.2, 0.25) is 0 Å². The van der Waals surface area contributed by atoms with Crippen LogP contribution in [0.4, 0.5) is 23.2 Å². The van der Waals surface area contributed by atoms with Crippen LogP contribution in [-0.2, 0) is 6.18 Å². The molecule has 3 aromatic rings. The molecule has 0 aliphatic rings. The summed E-state index contributed by atoms with van der Waals surface area (Å²) in [6.45, 7) is 1.55. The molecule has 0 aliphatic heterocycles. The van der Waals surface area contributed by atoms with E-state index in [2.05, 4.69) is 10.4 Å². The Labute approximate surface area is 146 Å². The summed E-state index contributed by atoms with van der Waals surface area (Å²) in [5, 5.41) is 6.41. The van der Waals surface area contributed by atoms with E-state index in [1.54, 1.807) is 13.0 Å². The molecule has 0 atom stereocenters. The maximum atomic E-state index is 13.7. The molecule has 1 heterocycles. The van der Waals surface area contributed by atoms with Crippen LogP contribution in [0, 0.1) is 12.7 Å². The van der Waals surface area contributed by atoms with Gasteiger partial charge in [-0.2, -0.15) is 18.3 Å². The third-order valence-corrected chi connectivity index (χ3v) is 3.79. The molecule has 0 spiro atoms. The summed E-state index contributed by atoms with van der Waals surface area (Å²) >= 11 is 0. The van der Waals surface area contributed by atoms with Crippen LogP contribution in [0.3, 0.4) is 0 Å². The topological polar surface area (TPSA) is 46.9 Å². The van der Waals surface area contributed by atoms with Gasteiger partial charge in [0.2, 0.25) is 0 Å². The highest BCUT2D eigenvalue weighted by Crippen LogP contribution is 2.30. The van der Waals surface area contributed by atoms with E-state index in [-0.39, 0.29) is 16.9 Å². The average Bonchev–Trinajstić information content (AvgIpc) is 2.98. The zero-order valence-corrected chi connectivity index (χ0v) is 13.5. The molecule has 0 aliphatic carbocycles.